The second-order valence-electron chi connectivity index (χ2n) is 6.96. The van der Waals surface area contributed by atoms with Crippen LogP contribution in [0.2, 0.25) is 5.02 Å². The smallest absolute Gasteiger partial charge is 0.335 e. The molecule has 0 amide bonds. The van der Waals surface area contributed by atoms with Crippen molar-refractivity contribution in [2.45, 2.75) is 29.3 Å². The van der Waals surface area contributed by atoms with Crippen LogP contribution in [-0.2, 0) is 13.0 Å². The van der Waals surface area contributed by atoms with Gasteiger partial charge in [0, 0.05) is 16.5 Å². The van der Waals surface area contributed by atoms with Crippen LogP contribution >= 0.6 is 23.4 Å². The van der Waals surface area contributed by atoms with E-state index < -0.39 is 12.2 Å². The van der Waals surface area contributed by atoms with E-state index in [-0.39, 0.29) is 10.8 Å². The third-order valence-electron chi connectivity index (χ3n) is 5.04. The first-order valence-electron chi connectivity index (χ1n) is 9.29. The summed E-state index contributed by atoms with van der Waals surface area (Å²) in [5.41, 5.74) is 3.20. The van der Waals surface area contributed by atoms with Crippen molar-refractivity contribution in [1.29, 1.82) is 0 Å². The van der Waals surface area contributed by atoms with Crippen LogP contribution in [-0.4, -0.2) is 27.7 Å². The predicted octanol–water partition coefficient (Wildman–Crippen LogP) is 5.08. The molecule has 0 fully saturated rings. The third kappa shape index (κ3) is 4.27. The van der Waals surface area contributed by atoms with Gasteiger partial charge in [0.25, 0.3) is 0 Å². The molecule has 0 saturated carbocycles. The maximum absolute atomic E-state index is 11.2. The average molecular weight is 426 g/mol. The number of aliphatic hydroxyl groups excluding tert-OH is 1. The molecule has 3 aromatic carbocycles. The van der Waals surface area contributed by atoms with E-state index in [9.17, 15) is 9.90 Å². The van der Waals surface area contributed by atoms with Gasteiger partial charge in [0.2, 0.25) is 0 Å². The molecule has 3 aromatic rings. The summed E-state index contributed by atoms with van der Waals surface area (Å²) in [7, 11) is 0. The van der Waals surface area contributed by atoms with Crippen molar-refractivity contribution in [1.82, 2.24) is 0 Å². The Labute approximate surface area is 178 Å². The Morgan fingerprint density at radius 1 is 1.00 bits per heavy atom. The van der Waals surface area contributed by atoms with Crippen molar-refractivity contribution in [3.63, 3.8) is 0 Å². The summed E-state index contributed by atoms with van der Waals surface area (Å²) in [6.45, 7) is 0.507. The van der Waals surface area contributed by atoms with Crippen LogP contribution in [0.15, 0.2) is 77.7 Å². The van der Waals surface area contributed by atoms with E-state index in [2.05, 4.69) is 6.07 Å². The summed E-state index contributed by atoms with van der Waals surface area (Å²) in [6.07, 6.45) is -0.0793. The van der Waals surface area contributed by atoms with E-state index in [0.29, 0.717) is 18.0 Å². The summed E-state index contributed by atoms with van der Waals surface area (Å²) in [5, 5.41) is 20.9. The Morgan fingerprint density at radius 3 is 2.41 bits per heavy atom. The quantitative estimate of drug-likeness (QED) is 0.596. The molecule has 2 unspecified atom stereocenters. The van der Waals surface area contributed by atoms with E-state index in [1.165, 1.54) is 0 Å². The molecule has 0 spiro atoms. The molecule has 1 aliphatic rings. The lowest BCUT2D eigenvalue weighted by Crippen LogP contribution is -2.45. The first-order chi connectivity index (χ1) is 14.0. The van der Waals surface area contributed by atoms with Crippen LogP contribution in [0.25, 0.3) is 0 Å². The van der Waals surface area contributed by atoms with Crippen LogP contribution in [0, 0.1) is 0 Å². The van der Waals surface area contributed by atoms with Crippen LogP contribution in [0.5, 0.6) is 0 Å². The van der Waals surface area contributed by atoms with Gasteiger partial charge in [0.15, 0.2) is 0 Å². The normalized spacial score (nSPS) is 18.3. The highest BCUT2D eigenvalue weighted by Crippen LogP contribution is 2.43. The number of aliphatic hydroxyl groups is 1. The Hall–Kier alpha value is -2.47. The van der Waals surface area contributed by atoms with Crippen LogP contribution < -0.4 is 4.90 Å². The molecule has 2 N–H and O–H groups in total. The molecule has 1 heterocycles. The van der Waals surface area contributed by atoms with Crippen molar-refractivity contribution in [2.24, 2.45) is 0 Å². The summed E-state index contributed by atoms with van der Waals surface area (Å²) >= 11 is 8.01. The molecule has 0 aromatic heterocycles. The Bertz CT molecular complexity index is 1020. The highest BCUT2D eigenvalue weighted by Gasteiger charge is 2.34. The number of aromatic carboxylic acids is 1. The predicted molar refractivity (Wildman–Crippen MR) is 117 cm³/mol. The molecule has 148 valence electrons. The van der Waals surface area contributed by atoms with Crippen molar-refractivity contribution in [2.75, 3.05) is 4.90 Å². The zero-order valence-corrected chi connectivity index (χ0v) is 17.1. The SMILES string of the molecule is O=C(O)c1ccc(CC2Sc3ccccc3N(Cc3ccccc3Cl)C2O)cc1. The molecular weight excluding hydrogens is 406 g/mol. The van der Waals surface area contributed by atoms with Crippen LogP contribution in [0.4, 0.5) is 5.69 Å². The highest BCUT2D eigenvalue weighted by molar-refractivity contribution is 8.00. The molecule has 0 radical (unpaired) electrons. The van der Waals surface area contributed by atoms with E-state index in [4.69, 9.17) is 16.7 Å². The van der Waals surface area contributed by atoms with Gasteiger partial charge in [0.05, 0.1) is 16.5 Å². The average Bonchev–Trinajstić information content (AvgIpc) is 2.73. The zero-order valence-electron chi connectivity index (χ0n) is 15.5. The van der Waals surface area contributed by atoms with E-state index in [1.807, 2.05) is 59.5 Å². The Balaban J connectivity index is 1.61. The Kier molecular flexibility index (Phi) is 5.81. The first-order valence-corrected chi connectivity index (χ1v) is 10.5. The lowest BCUT2D eigenvalue weighted by Gasteiger charge is -2.40. The van der Waals surface area contributed by atoms with Gasteiger partial charge in [-0.3, -0.25) is 0 Å². The second-order valence-corrected chi connectivity index (χ2v) is 8.65. The number of para-hydroxylation sites is 1. The number of carboxylic acid groups (broad SMARTS) is 1. The van der Waals surface area contributed by atoms with Gasteiger partial charge in [-0.1, -0.05) is 54.1 Å². The minimum Gasteiger partial charge on any atom is -0.478 e. The van der Waals surface area contributed by atoms with Crippen molar-refractivity contribution in [3.05, 3.63) is 94.5 Å². The minimum atomic E-state index is -0.941. The fraction of sp³-hybridized carbons (Fsp3) is 0.174. The number of carboxylic acids is 1. The molecule has 29 heavy (non-hydrogen) atoms. The van der Waals surface area contributed by atoms with Gasteiger partial charge < -0.3 is 15.1 Å². The summed E-state index contributed by atoms with van der Waals surface area (Å²) in [6, 6.07) is 22.5. The number of hydrogen-bond acceptors (Lipinski definition) is 4. The number of rotatable bonds is 5. The molecule has 0 saturated heterocycles. The lowest BCUT2D eigenvalue weighted by molar-refractivity contribution is 0.0697. The maximum atomic E-state index is 11.2. The fourth-order valence-electron chi connectivity index (χ4n) is 3.51. The van der Waals surface area contributed by atoms with Crippen molar-refractivity contribution >= 4 is 35.0 Å². The van der Waals surface area contributed by atoms with Gasteiger partial charge in [0.1, 0.15) is 6.23 Å². The van der Waals surface area contributed by atoms with E-state index in [0.717, 1.165) is 21.7 Å². The molecule has 4 nitrogen and oxygen atoms in total. The number of hydrogen-bond donors (Lipinski definition) is 2. The number of carbonyl (C=O) groups is 1. The number of anilines is 1. The number of fused-ring (bicyclic) bond motifs is 1. The summed E-state index contributed by atoms with van der Waals surface area (Å²) in [4.78, 5) is 14.2. The van der Waals surface area contributed by atoms with Crippen LogP contribution in [0.1, 0.15) is 21.5 Å². The summed E-state index contributed by atoms with van der Waals surface area (Å²) < 4.78 is 0. The zero-order chi connectivity index (χ0) is 20.4. The number of thioether (sulfide) groups is 1. The molecule has 0 bridgehead atoms. The largest absolute Gasteiger partial charge is 0.478 e. The topological polar surface area (TPSA) is 60.8 Å². The van der Waals surface area contributed by atoms with Crippen molar-refractivity contribution in [3.8, 4) is 0 Å². The fourth-order valence-corrected chi connectivity index (χ4v) is 5.04. The van der Waals surface area contributed by atoms with Gasteiger partial charge in [-0.2, -0.15) is 0 Å². The van der Waals surface area contributed by atoms with Gasteiger partial charge >= 0.3 is 5.97 Å². The molecule has 2 atom stereocenters. The third-order valence-corrected chi connectivity index (χ3v) is 6.72. The summed E-state index contributed by atoms with van der Waals surface area (Å²) in [5.74, 6) is -0.941. The molecule has 4 rings (SSSR count). The lowest BCUT2D eigenvalue weighted by atomic mass is 10.0. The standard InChI is InChI=1S/C23H20ClNO3S/c24-18-6-2-1-5-17(18)14-25-19-7-3-4-8-20(19)29-21(22(25)26)13-15-9-11-16(12-10-15)23(27)28/h1-12,21-22,26H,13-14H2,(H,27,28). The number of nitrogens with zero attached hydrogens (tertiary/aromatic N) is 1. The Morgan fingerprint density at radius 2 is 1.69 bits per heavy atom. The van der Waals surface area contributed by atoms with E-state index >= 15 is 0 Å². The highest BCUT2D eigenvalue weighted by atomic mass is 35.5. The molecule has 6 heteroatoms. The second kappa shape index (κ2) is 8.49. The van der Waals surface area contributed by atoms with Gasteiger partial charge in [-0.15, -0.1) is 11.8 Å². The molecular formula is C23H20ClNO3S. The monoisotopic (exact) mass is 425 g/mol. The van der Waals surface area contributed by atoms with Gasteiger partial charge in [-0.25, -0.2) is 4.79 Å². The van der Waals surface area contributed by atoms with Gasteiger partial charge in [-0.05, 0) is 47.9 Å². The number of benzene rings is 3. The van der Waals surface area contributed by atoms with Crippen molar-refractivity contribution < 1.29 is 15.0 Å². The molecule has 1 aliphatic heterocycles. The number of halogens is 1. The van der Waals surface area contributed by atoms with E-state index in [1.54, 1.807) is 23.9 Å². The minimum absolute atomic E-state index is 0.0944. The molecule has 0 aliphatic carbocycles. The first kappa shape index (κ1) is 19.8. The van der Waals surface area contributed by atoms with Crippen LogP contribution in [0.3, 0.4) is 0 Å². The maximum Gasteiger partial charge on any atom is 0.335 e.